The minimum absolute atomic E-state index is 0.0924. The maximum atomic E-state index is 12.3. The van der Waals surface area contributed by atoms with Crippen molar-refractivity contribution in [2.45, 2.75) is 17.3 Å². The Labute approximate surface area is 150 Å². The standard InChI is InChI=1S/C14H11ClN6O3S/c1-8(25-14-18-13-16-5-2-6-20(13)19-14)12(22)17-11-4-3-9(21(23)24)7-10(11)15/h2-8H,1H3,(H,17,22). The lowest BCUT2D eigenvalue weighted by atomic mass is 10.2. The van der Waals surface area contributed by atoms with Crippen molar-refractivity contribution < 1.29 is 9.72 Å². The maximum absolute atomic E-state index is 12.3. The third-order valence-electron chi connectivity index (χ3n) is 3.17. The van der Waals surface area contributed by atoms with E-state index in [9.17, 15) is 14.9 Å². The number of amides is 1. The minimum atomic E-state index is -0.556. The van der Waals surface area contributed by atoms with E-state index in [4.69, 9.17) is 11.6 Å². The summed E-state index contributed by atoms with van der Waals surface area (Å²) in [6, 6.07) is 5.57. The van der Waals surface area contributed by atoms with E-state index in [-0.39, 0.29) is 16.6 Å². The SMILES string of the molecule is CC(Sc1nc2ncccn2n1)C(=O)Nc1ccc([N+](=O)[O-])cc1Cl. The second kappa shape index (κ2) is 7.03. The third-order valence-corrected chi connectivity index (χ3v) is 4.43. The summed E-state index contributed by atoms with van der Waals surface area (Å²) in [6.07, 6.45) is 3.31. The van der Waals surface area contributed by atoms with Gasteiger partial charge >= 0.3 is 0 Å². The van der Waals surface area contributed by atoms with E-state index >= 15 is 0 Å². The Balaban J connectivity index is 1.69. The third kappa shape index (κ3) is 3.86. The number of non-ortho nitro benzene ring substituents is 1. The number of thioether (sulfide) groups is 1. The maximum Gasteiger partial charge on any atom is 0.271 e. The molecule has 1 aromatic carbocycles. The van der Waals surface area contributed by atoms with Crippen LogP contribution >= 0.6 is 23.4 Å². The van der Waals surface area contributed by atoms with Crippen molar-refractivity contribution in [3.8, 4) is 0 Å². The molecule has 0 saturated heterocycles. The van der Waals surface area contributed by atoms with E-state index in [0.717, 1.165) is 11.8 Å². The smallest absolute Gasteiger partial charge is 0.271 e. The molecule has 2 heterocycles. The number of hydrogen-bond acceptors (Lipinski definition) is 7. The van der Waals surface area contributed by atoms with Crippen molar-refractivity contribution >= 4 is 46.4 Å². The molecule has 9 nitrogen and oxygen atoms in total. The Hall–Kier alpha value is -2.72. The van der Waals surface area contributed by atoms with Gasteiger partial charge in [0.15, 0.2) is 0 Å². The Kier molecular flexibility index (Phi) is 4.81. The molecule has 0 bridgehead atoms. The molecule has 0 fully saturated rings. The molecule has 2 aromatic heterocycles. The van der Waals surface area contributed by atoms with Crippen molar-refractivity contribution in [3.05, 3.63) is 51.8 Å². The quantitative estimate of drug-likeness (QED) is 0.412. The van der Waals surface area contributed by atoms with Crippen LogP contribution in [-0.4, -0.2) is 35.7 Å². The van der Waals surface area contributed by atoms with Crippen LogP contribution in [0.4, 0.5) is 11.4 Å². The van der Waals surface area contributed by atoms with Crippen molar-refractivity contribution in [3.63, 3.8) is 0 Å². The average Bonchev–Trinajstić information content (AvgIpc) is 2.98. The van der Waals surface area contributed by atoms with Crippen LogP contribution in [0.3, 0.4) is 0 Å². The van der Waals surface area contributed by atoms with E-state index < -0.39 is 10.2 Å². The fourth-order valence-electron chi connectivity index (χ4n) is 1.93. The fraction of sp³-hybridized carbons (Fsp3) is 0.143. The summed E-state index contributed by atoms with van der Waals surface area (Å²) in [5.74, 6) is 0.114. The number of carbonyl (C=O) groups excluding carboxylic acids is 1. The number of aromatic nitrogens is 4. The van der Waals surface area contributed by atoms with Gasteiger partial charge in [-0.05, 0) is 19.1 Å². The first-order valence-electron chi connectivity index (χ1n) is 7.03. The van der Waals surface area contributed by atoms with Crippen molar-refractivity contribution in [1.29, 1.82) is 0 Å². The first kappa shape index (κ1) is 17.1. The van der Waals surface area contributed by atoms with Crippen LogP contribution in [0.1, 0.15) is 6.92 Å². The summed E-state index contributed by atoms with van der Waals surface area (Å²) in [5, 5.41) is 17.6. The first-order chi connectivity index (χ1) is 11.9. The summed E-state index contributed by atoms with van der Waals surface area (Å²) in [7, 11) is 0. The summed E-state index contributed by atoms with van der Waals surface area (Å²) >= 11 is 7.14. The number of nitrogens with zero attached hydrogens (tertiary/aromatic N) is 5. The molecule has 1 amide bonds. The Bertz CT molecular complexity index is 930. The number of halogens is 1. The van der Waals surface area contributed by atoms with Gasteiger partial charge in [0.2, 0.25) is 11.1 Å². The summed E-state index contributed by atoms with van der Waals surface area (Å²) < 4.78 is 1.51. The lowest BCUT2D eigenvalue weighted by Gasteiger charge is -2.11. The van der Waals surface area contributed by atoms with Crippen molar-refractivity contribution in [2.24, 2.45) is 0 Å². The minimum Gasteiger partial charge on any atom is -0.324 e. The molecule has 128 valence electrons. The van der Waals surface area contributed by atoms with Crippen molar-refractivity contribution in [2.75, 3.05) is 5.32 Å². The van der Waals surface area contributed by atoms with Gasteiger partial charge in [0.1, 0.15) is 0 Å². The highest BCUT2D eigenvalue weighted by molar-refractivity contribution is 8.00. The zero-order chi connectivity index (χ0) is 18.0. The molecular formula is C14H11ClN6O3S. The van der Waals surface area contributed by atoms with Crippen LogP contribution in [0.5, 0.6) is 0 Å². The van der Waals surface area contributed by atoms with Gasteiger partial charge in [-0.15, -0.1) is 5.10 Å². The molecule has 25 heavy (non-hydrogen) atoms. The summed E-state index contributed by atoms with van der Waals surface area (Å²) in [4.78, 5) is 30.7. The monoisotopic (exact) mass is 378 g/mol. The number of hydrogen-bond donors (Lipinski definition) is 1. The van der Waals surface area contributed by atoms with Crippen LogP contribution in [-0.2, 0) is 4.79 Å². The molecule has 3 aromatic rings. The summed E-state index contributed by atoms with van der Waals surface area (Å²) in [6.45, 7) is 1.69. The largest absolute Gasteiger partial charge is 0.324 e. The van der Waals surface area contributed by atoms with Crippen LogP contribution in [0.25, 0.3) is 5.78 Å². The number of fused-ring (bicyclic) bond motifs is 1. The normalized spacial score (nSPS) is 12.1. The second-order valence-corrected chi connectivity index (χ2v) is 6.64. The van der Waals surface area contributed by atoms with Gasteiger partial charge in [-0.25, -0.2) is 9.50 Å². The first-order valence-corrected chi connectivity index (χ1v) is 8.28. The molecule has 0 saturated carbocycles. The van der Waals surface area contributed by atoms with Crippen LogP contribution < -0.4 is 5.32 Å². The Morgan fingerprint density at radius 1 is 1.48 bits per heavy atom. The van der Waals surface area contributed by atoms with E-state index in [1.54, 1.807) is 25.4 Å². The topological polar surface area (TPSA) is 115 Å². The lowest BCUT2D eigenvalue weighted by Crippen LogP contribution is -2.22. The van der Waals surface area contributed by atoms with Crippen LogP contribution in [0.15, 0.2) is 41.8 Å². The zero-order valence-corrected chi connectivity index (χ0v) is 14.4. The number of nitro groups is 1. The van der Waals surface area contributed by atoms with Gasteiger partial charge in [-0.1, -0.05) is 23.4 Å². The van der Waals surface area contributed by atoms with Crippen LogP contribution in [0.2, 0.25) is 5.02 Å². The Morgan fingerprint density at radius 3 is 2.96 bits per heavy atom. The molecule has 0 spiro atoms. The van der Waals surface area contributed by atoms with Gasteiger partial charge in [0, 0.05) is 24.5 Å². The number of benzene rings is 1. The summed E-state index contributed by atoms with van der Waals surface area (Å²) in [5.41, 5.74) is 0.154. The number of carbonyl (C=O) groups is 1. The number of nitro benzene ring substituents is 1. The molecule has 0 aliphatic rings. The van der Waals surface area contributed by atoms with E-state index in [1.807, 2.05) is 0 Å². The van der Waals surface area contributed by atoms with Gasteiger partial charge in [0.05, 0.1) is 20.9 Å². The van der Waals surface area contributed by atoms with Crippen LogP contribution in [0, 0.1) is 10.1 Å². The van der Waals surface area contributed by atoms with E-state index in [1.165, 1.54) is 22.7 Å². The molecule has 1 atom stereocenters. The van der Waals surface area contributed by atoms with Crippen molar-refractivity contribution in [1.82, 2.24) is 19.6 Å². The molecule has 0 aliphatic carbocycles. The predicted molar refractivity (Wildman–Crippen MR) is 92.8 cm³/mol. The highest BCUT2D eigenvalue weighted by Crippen LogP contribution is 2.28. The lowest BCUT2D eigenvalue weighted by molar-refractivity contribution is -0.384. The molecule has 3 rings (SSSR count). The van der Waals surface area contributed by atoms with E-state index in [2.05, 4.69) is 20.4 Å². The van der Waals surface area contributed by atoms with Gasteiger partial charge in [0.25, 0.3) is 11.5 Å². The molecule has 11 heteroatoms. The molecule has 1 unspecified atom stereocenters. The van der Waals surface area contributed by atoms with Gasteiger partial charge in [-0.3, -0.25) is 14.9 Å². The highest BCUT2D eigenvalue weighted by Gasteiger charge is 2.19. The predicted octanol–water partition coefficient (Wildman–Crippen LogP) is 2.81. The van der Waals surface area contributed by atoms with Gasteiger partial charge < -0.3 is 5.32 Å². The molecule has 1 N–H and O–H groups in total. The number of rotatable bonds is 5. The zero-order valence-electron chi connectivity index (χ0n) is 12.8. The molecular weight excluding hydrogens is 368 g/mol. The highest BCUT2D eigenvalue weighted by atomic mass is 35.5. The molecule has 0 aliphatic heterocycles. The average molecular weight is 379 g/mol. The van der Waals surface area contributed by atoms with E-state index in [0.29, 0.717) is 16.6 Å². The fourth-order valence-corrected chi connectivity index (χ4v) is 2.90. The number of anilines is 1. The number of nitrogens with one attached hydrogen (secondary N) is 1. The second-order valence-electron chi connectivity index (χ2n) is 4.93. The van der Waals surface area contributed by atoms with Gasteiger partial charge in [-0.2, -0.15) is 4.98 Å². The Morgan fingerprint density at radius 2 is 2.28 bits per heavy atom. The molecule has 0 radical (unpaired) electrons.